The molecule has 3 aromatic rings. The summed E-state index contributed by atoms with van der Waals surface area (Å²) in [5.41, 5.74) is 1.80. The number of methoxy groups -OCH3 is 1. The monoisotopic (exact) mass is 792 g/mol. The Hall–Kier alpha value is -3.98. The minimum atomic E-state index is -3.84. The van der Waals surface area contributed by atoms with Crippen molar-refractivity contribution < 1.29 is 51.3 Å². The maximum Gasteiger partial charge on any atom is 0.456 e. The Bertz CT molecular complexity index is 1710. The first-order valence-corrected chi connectivity index (χ1v) is 21.2. The maximum atomic E-state index is 13.6. The molecule has 0 saturated heterocycles. The second kappa shape index (κ2) is 21.8. The summed E-state index contributed by atoms with van der Waals surface area (Å²) in [4.78, 5) is 35.7. The third kappa shape index (κ3) is 14.3. The molecule has 0 aliphatic rings. The van der Waals surface area contributed by atoms with E-state index in [0.717, 1.165) is 11.1 Å². The number of amides is 1. The summed E-state index contributed by atoms with van der Waals surface area (Å²) >= 11 is 0. The molecule has 1 amide bonds. The Kier molecular flexibility index (Phi) is 17.9. The fourth-order valence-electron chi connectivity index (χ4n) is 5.47. The minimum Gasteiger partial charge on any atom is -0.497 e. The first kappa shape index (κ1) is 44.4. The van der Waals surface area contributed by atoms with Crippen LogP contribution >= 0.6 is 7.94 Å². The lowest BCUT2D eigenvalue weighted by molar-refractivity contribution is -0.151. The molecular weight excluding hydrogens is 737 g/mol. The lowest BCUT2D eigenvalue weighted by atomic mass is 10.0. The molecule has 14 nitrogen and oxygen atoms in total. The number of sulfonamides is 1. The van der Waals surface area contributed by atoms with Crippen LogP contribution < -0.4 is 24.6 Å². The lowest BCUT2D eigenvalue weighted by Gasteiger charge is -2.26. The van der Waals surface area contributed by atoms with Gasteiger partial charge in [-0.2, -0.15) is 13.7 Å². The zero-order valence-electron chi connectivity index (χ0n) is 31.9. The Labute approximate surface area is 319 Å². The number of nitrogens with one attached hydrogen (secondary N) is 2. The third-order valence-corrected chi connectivity index (χ3v) is 11.9. The number of carbonyl (C=O) groups is 2. The Morgan fingerprint density at radius 3 is 2.15 bits per heavy atom. The zero-order valence-corrected chi connectivity index (χ0v) is 33.6. The van der Waals surface area contributed by atoms with E-state index in [1.54, 1.807) is 43.3 Å². The summed E-state index contributed by atoms with van der Waals surface area (Å²) in [6.45, 7) is 10.6. The van der Waals surface area contributed by atoms with E-state index in [0.29, 0.717) is 36.8 Å². The number of nitrogens with zero attached hydrogens (tertiary/aromatic N) is 1. The number of para-hydroxylation sites is 2. The Morgan fingerprint density at radius 1 is 0.907 bits per heavy atom. The highest BCUT2D eigenvalue weighted by atomic mass is 32.2. The van der Waals surface area contributed by atoms with Crippen LogP contribution in [0.25, 0.3) is 0 Å². The standard InChI is InChI=1S/C38H54N3O11PS/c1-7-49-35-11-9-10-12-36(35)52-53(45,51-29(5)37(42)50-8-2)24-22-39-26-31-15-13-30(14-16-31)25-32(40-38(43)44)21-23-41(27-28(3)4)54(46,47)34-19-17-33(48-6)18-20-34/h9-20,28-29,32,39-40,45H,7-8,21-27H2,1-6H3/p+1/t29-,32+,53?/m0/s1. The summed E-state index contributed by atoms with van der Waals surface area (Å²) in [7, 11) is -5.96. The number of hydrogen-bond donors (Lipinski definition) is 4. The van der Waals surface area contributed by atoms with Crippen molar-refractivity contribution in [1.29, 1.82) is 0 Å². The maximum absolute atomic E-state index is 13.6. The Morgan fingerprint density at radius 2 is 1.56 bits per heavy atom. The van der Waals surface area contributed by atoms with Gasteiger partial charge in [0.05, 0.1) is 25.2 Å². The highest BCUT2D eigenvalue weighted by Crippen LogP contribution is 2.58. The van der Waals surface area contributed by atoms with E-state index in [4.69, 9.17) is 23.3 Å². The SMILES string of the molecule is CCOC(=O)[C@H](C)O[P+](O)(CCNCc1ccc(C[C@@H](CCN(CC(C)C)S(=O)(=O)c2ccc(OC)cc2)NC(=O)O)cc1)Oc1ccccc1OCC. The molecule has 3 rings (SSSR count). The summed E-state index contributed by atoms with van der Waals surface area (Å²) in [6.07, 6.45) is -1.59. The van der Waals surface area contributed by atoms with E-state index >= 15 is 0 Å². The second-order valence-electron chi connectivity index (χ2n) is 12.9. The average molecular weight is 793 g/mol. The molecule has 0 heterocycles. The average Bonchev–Trinajstić information content (AvgIpc) is 3.13. The fraction of sp³-hybridized carbons (Fsp3) is 0.474. The third-order valence-electron chi connectivity index (χ3n) is 8.06. The van der Waals surface area contributed by atoms with Gasteiger partial charge in [0.25, 0.3) is 0 Å². The van der Waals surface area contributed by atoms with Gasteiger partial charge in [-0.3, -0.25) is 4.52 Å². The molecule has 1 unspecified atom stereocenters. The van der Waals surface area contributed by atoms with E-state index in [1.807, 2.05) is 45.0 Å². The highest BCUT2D eigenvalue weighted by Gasteiger charge is 2.46. The number of carbonyl (C=O) groups excluding carboxylic acids is 1. The summed E-state index contributed by atoms with van der Waals surface area (Å²) in [5.74, 6) is 0.710. The lowest BCUT2D eigenvalue weighted by Crippen LogP contribution is -2.41. The van der Waals surface area contributed by atoms with Gasteiger partial charge in [-0.1, -0.05) is 50.2 Å². The number of benzene rings is 3. The Balaban J connectivity index is 1.64. The fourth-order valence-corrected chi connectivity index (χ4v) is 8.80. The van der Waals surface area contributed by atoms with Crippen molar-refractivity contribution in [2.45, 2.75) is 71.0 Å². The number of carboxylic acid groups (broad SMARTS) is 1. The molecule has 0 aliphatic carbocycles. The number of rotatable bonds is 24. The normalized spacial score (nSPS) is 13.9. The van der Waals surface area contributed by atoms with Crippen molar-refractivity contribution in [2.75, 3.05) is 46.1 Å². The van der Waals surface area contributed by atoms with Crippen LogP contribution in [-0.2, 0) is 37.0 Å². The predicted octanol–water partition coefficient (Wildman–Crippen LogP) is 5.90. The van der Waals surface area contributed by atoms with Crippen molar-refractivity contribution in [3.8, 4) is 17.2 Å². The minimum absolute atomic E-state index is 0.0473. The summed E-state index contributed by atoms with van der Waals surface area (Å²) in [6, 6.07) is 20.2. The van der Waals surface area contributed by atoms with Crippen molar-refractivity contribution in [3.63, 3.8) is 0 Å². The molecule has 298 valence electrons. The molecule has 54 heavy (non-hydrogen) atoms. The number of hydrogen-bond acceptors (Lipinski definition) is 11. The van der Waals surface area contributed by atoms with Crippen LogP contribution in [0.4, 0.5) is 4.79 Å². The quantitative estimate of drug-likeness (QED) is 0.0480. The predicted molar refractivity (Wildman–Crippen MR) is 207 cm³/mol. The van der Waals surface area contributed by atoms with Gasteiger partial charge in [0, 0.05) is 32.2 Å². The summed E-state index contributed by atoms with van der Waals surface area (Å²) < 4.78 is 56.2. The van der Waals surface area contributed by atoms with Crippen molar-refractivity contribution >= 4 is 30.0 Å². The molecule has 0 aromatic heterocycles. The van der Waals surface area contributed by atoms with Gasteiger partial charge >= 0.3 is 20.0 Å². The van der Waals surface area contributed by atoms with Crippen LogP contribution in [-0.4, -0.2) is 93.1 Å². The van der Waals surface area contributed by atoms with E-state index in [2.05, 4.69) is 10.6 Å². The number of ether oxygens (including phenoxy) is 3. The van der Waals surface area contributed by atoms with Crippen molar-refractivity contribution in [1.82, 2.24) is 14.9 Å². The van der Waals surface area contributed by atoms with Gasteiger partial charge in [-0.05, 0) is 87.1 Å². The van der Waals surface area contributed by atoms with E-state index in [1.165, 1.54) is 30.5 Å². The molecule has 0 bridgehead atoms. The van der Waals surface area contributed by atoms with E-state index < -0.39 is 42.2 Å². The van der Waals surface area contributed by atoms with Crippen LogP contribution in [0.3, 0.4) is 0 Å². The molecule has 3 aromatic carbocycles. The van der Waals surface area contributed by atoms with Crippen LogP contribution in [0.2, 0.25) is 0 Å². The largest absolute Gasteiger partial charge is 0.497 e. The van der Waals surface area contributed by atoms with Gasteiger partial charge in [0.2, 0.25) is 21.9 Å². The molecule has 0 aliphatic heterocycles. The van der Waals surface area contributed by atoms with Crippen LogP contribution in [0.5, 0.6) is 17.2 Å². The first-order valence-electron chi connectivity index (χ1n) is 18.0. The van der Waals surface area contributed by atoms with Crippen LogP contribution in [0, 0.1) is 5.92 Å². The molecule has 0 saturated carbocycles. The second-order valence-corrected chi connectivity index (χ2v) is 17.0. The molecule has 0 fully saturated rings. The molecule has 3 atom stereocenters. The van der Waals surface area contributed by atoms with Crippen molar-refractivity contribution in [3.05, 3.63) is 83.9 Å². The van der Waals surface area contributed by atoms with Gasteiger partial charge < -0.3 is 30.0 Å². The number of esters is 1. The zero-order chi connectivity index (χ0) is 39.7. The van der Waals surface area contributed by atoms with E-state index in [9.17, 15) is 28.0 Å². The molecule has 0 spiro atoms. The van der Waals surface area contributed by atoms with Crippen LogP contribution in [0.1, 0.15) is 52.2 Å². The highest BCUT2D eigenvalue weighted by molar-refractivity contribution is 7.89. The van der Waals surface area contributed by atoms with E-state index in [-0.39, 0.29) is 49.6 Å². The van der Waals surface area contributed by atoms with Crippen molar-refractivity contribution in [2.24, 2.45) is 5.92 Å². The first-order chi connectivity index (χ1) is 25.7. The molecule has 0 radical (unpaired) electrons. The molecule has 16 heteroatoms. The topological polar surface area (TPSA) is 182 Å². The molecule has 4 N–H and O–H groups in total. The van der Waals surface area contributed by atoms with Gasteiger partial charge in [-0.15, -0.1) is 0 Å². The smallest absolute Gasteiger partial charge is 0.456 e. The van der Waals surface area contributed by atoms with Gasteiger partial charge in [0.1, 0.15) is 5.75 Å². The van der Waals surface area contributed by atoms with Gasteiger partial charge in [-0.25, -0.2) is 18.0 Å². The van der Waals surface area contributed by atoms with Gasteiger partial charge in [0.15, 0.2) is 11.9 Å². The van der Waals surface area contributed by atoms with Crippen LogP contribution in [0.15, 0.2) is 77.7 Å². The molecular formula is C38H55N3O11PS+. The summed E-state index contributed by atoms with van der Waals surface area (Å²) in [5, 5.41) is 15.4.